The van der Waals surface area contributed by atoms with Crippen LogP contribution in [0, 0.1) is 0 Å². The van der Waals surface area contributed by atoms with Crippen LogP contribution in [-0.4, -0.2) is 42.8 Å². The Hall–Kier alpha value is -1.43. The van der Waals surface area contributed by atoms with Gasteiger partial charge in [0.2, 0.25) is 0 Å². The van der Waals surface area contributed by atoms with Gasteiger partial charge in [-0.3, -0.25) is 9.69 Å². The molecule has 100 valence electrons. The Bertz CT molecular complexity index is 443. The summed E-state index contributed by atoms with van der Waals surface area (Å²) < 4.78 is 1.85. The van der Waals surface area contributed by atoms with Crippen LogP contribution in [0.3, 0.4) is 0 Å². The van der Waals surface area contributed by atoms with Gasteiger partial charge in [0, 0.05) is 6.04 Å². The average molecular weight is 252 g/mol. The van der Waals surface area contributed by atoms with Crippen LogP contribution in [-0.2, 0) is 11.3 Å². The van der Waals surface area contributed by atoms with Crippen molar-refractivity contribution in [3.63, 3.8) is 0 Å². The highest BCUT2D eigenvalue weighted by atomic mass is 16.4. The molecule has 1 fully saturated rings. The van der Waals surface area contributed by atoms with Gasteiger partial charge in [-0.1, -0.05) is 0 Å². The molecule has 2 rings (SSSR count). The second-order valence-corrected chi connectivity index (χ2v) is 5.32. The van der Waals surface area contributed by atoms with Gasteiger partial charge in [0.05, 0.1) is 6.54 Å². The van der Waals surface area contributed by atoms with Crippen LogP contribution >= 0.6 is 0 Å². The second kappa shape index (κ2) is 4.68. The second-order valence-electron chi connectivity index (χ2n) is 5.32. The smallest absolute Gasteiger partial charge is 0.323 e. The molecule has 0 bridgehead atoms. The van der Waals surface area contributed by atoms with Gasteiger partial charge in [0.15, 0.2) is 0 Å². The topological polar surface area (TPSA) is 71.2 Å². The lowest BCUT2D eigenvalue weighted by molar-refractivity contribution is -0.149. The maximum Gasteiger partial charge on any atom is 0.323 e. The third kappa shape index (κ3) is 2.12. The van der Waals surface area contributed by atoms with Crippen molar-refractivity contribution < 1.29 is 9.90 Å². The molecule has 1 atom stereocenters. The Morgan fingerprint density at radius 2 is 2.33 bits per heavy atom. The Labute approximate surface area is 107 Å². The lowest BCUT2D eigenvalue weighted by Crippen LogP contribution is -2.47. The van der Waals surface area contributed by atoms with Crippen LogP contribution in [0.4, 0.5) is 0 Å². The van der Waals surface area contributed by atoms with Crippen molar-refractivity contribution in [2.45, 2.75) is 51.7 Å². The van der Waals surface area contributed by atoms with Crippen molar-refractivity contribution >= 4 is 5.97 Å². The number of carbonyl (C=O) groups is 1. The van der Waals surface area contributed by atoms with Crippen molar-refractivity contribution in [1.29, 1.82) is 0 Å². The molecule has 0 aromatic carbocycles. The standard InChI is InChI=1S/C12H20N4O2/c1-9(2)16-10(13-8-14-16)7-15-6-4-5-12(15,3)11(17)18/h8-9H,4-7H2,1-3H3,(H,17,18). The molecule has 0 amide bonds. The minimum Gasteiger partial charge on any atom is -0.480 e. The molecule has 1 aromatic heterocycles. The van der Waals surface area contributed by atoms with Gasteiger partial charge in [0.25, 0.3) is 0 Å². The summed E-state index contributed by atoms with van der Waals surface area (Å²) in [5.41, 5.74) is -0.770. The summed E-state index contributed by atoms with van der Waals surface area (Å²) in [6, 6.07) is 0.237. The molecule has 18 heavy (non-hydrogen) atoms. The number of rotatable bonds is 4. The van der Waals surface area contributed by atoms with Gasteiger partial charge in [0.1, 0.15) is 17.7 Å². The molecule has 1 aliphatic rings. The van der Waals surface area contributed by atoms with E-state index in [1.807, 2.05) is 23.4 Å². The third-order valence-corrected chi connectivity index (χ3v) is 3.72. The minimum atomic E-state index is -0.770. The van der Waals surface area contributed by atoms with Crippen LogP contribution in [0.5, 0.6) is 0 Å². The zero-order valence-electron chi connectivity index (χ0n) is 11.1. The summed E-state index contributed by atoms with van der Waals surface area (Å²) in [4.78, 5) is 17.6. The number of hydrogen-bond acceptors (Lipinski definition) is 4. The number of carboxylic acid groups (broad SMARTS) is 1. The van der Waals surface area contributed by atoms with Gasteiger partial charge in [-0.2, -0.15) is 5.10 Å². The highest BCUT2D eigenvalue weighted by Gasteiger charge is 2.43. The van der Waals surface area contributed by atoms with Crippen LogP contribution in [0.1, 0.15) is 45.5 Å². The van der Waals surface area contributed by atoms with Gasteiger partial charge in [-0.25, -0.2) is 9.67 Å². The predicted molar refractivity (Wildman–Crippen MR) is 66.1 cm³/mol. The summed E-state index contributed by atoms with van der Waals surface area (Å²) in [7, 11) is 0. The van der Waals surface area contributed by atoms with Crippen molar-refractivity contribution in [3.05, 3.63) is 12.2 Å². The van der Waals surface area contributed by atoms with E-state index >= 15 is 0 Å². The SMILES string of the molecule is CC(C)n1ncnc1CN1CCCC1(C)C(=O)O. The van der Waals surface area contributed by atoms with Gasteiger partial charge < -0.3 is 5.11 Å². The molecular formula is C12H20N4O2. The van der Waals surface area contributed by atoms with Crippen LogP contribution in [0.15, 0.2) is 6.33 Å². The van der Waals surface area contributed by atoms with Crippen molar-refractivity contribution in [3.8, 4) is 0 Å². The number of aliphatic carboxylic acids is 1. The van der Waals surface area contributed by atoms with E-state index in [0.29, 0.717) is 13.0 Å². The Morgan fingerprint density at radius 1 is 1.61 bits per heavy atom. The van der Waals surface area contributed by atoms with Crippen LogP contribution in [0.2, 0.25) is 0 Å². The fourth-order valence-corrected chi connectivity index (χ4v) is 2.50. The summed E-state index contributed by atoms with van der Waals surface area (Å²) >= 11 is 0. The molecule has 0 radical (unpaired) electrons. The van der Waals surface area contributed by atoms with Crippen molar-refractivity contribution in [1.82, 2.24) is 19.7 Å². The molecule has 1 aromatic rings. The lowest BCUT2D eigenvalue weighted by Gasteiger charge is -2.30. The molecule has 1 unspecified atom stereocenters. The fraction of sp³-hybridized carbons (Fsp3) is 0.750. The Morgan fingerprint density at radius 3 is 2.94 bits per heavy atom. The van der Waals surface area contributed by atoms with Crippen molar-refractivity contribution in [2.24, 2.45) is 0 Å². The summed E-state index contributed by atoms with van der Waals surface area (Å²) in [6.45, 7) is 7.21. The molecule has 1 aliphatic heterocycles. The Balaban J connectivity index is 2.18. The first-order chi connectivity index (χ1) is 8.45. The zero-order chi connectivity index (χ0) is 13.3. The number of hydrogen-bond donors (Lipinski definition) is 1. The lowest BCUT2D eigenvalue weighted by atomic mass is 9.99. The monoisotopic (exact) mass is 252 g/mol. The van der Waals surface area contributed by atoms with E-state index in [4.69, 9.17) is 0 Å². The first-order valence-electron chi connectivity index (χ1n) is 6.32. The first-order valence-corrected chi connectivity index (χ1v) is 6.32. The van der Waals surface area contributed by atoms with Crippen LogP contribution < -0.4 is 0 Å². The van der Waals surface area contributed by atoms with Gasteiger partial charge in [-0.05, 0) is 40.2 Å². The summed E-state index contributed by atoms with van der Waals surface area (Å²) in [6.07, 6.45) is 3.14. The molecule has 6 nitrogen and oxygen atoms in total. The van der Waals surface area contributed by atoms with E-state index in [2.05, 4.69) is 10.1 Å². The molecule has 0 spiro atoms. The summed E-state index contributed by atoms with van der Waals surface area (Å²) in [5.74, 6) is 0.0787. The van der Waals surface area contributed by atoms with Crippen molar-refractivity contribution in [2.75, 3.05) is 6.54 Å². The molecule has 0 saturated carbocycles. The molecule has 2 heterocycles. The van der Waals surface area contributed by atoms with Gasteiger partial charge >= 0.3 is 5.97 Å². The first kappa shape index (κ1) is 13.0. The highest BCUT2D eigenvalue weighted by molar-refractivity contribution is 5.78. The summed E-state index contributed by atoms with van der Waals surface area (Å²) in [5, 5.41) is 13.5. The molecule has 1 N–H and O–H groups in total. The number of nitrogens with zero attached hydrogens (tertiary/aromatic N) is 4. The molecule has 1 saturated heterocycles. The van der Waals surface area contributed by atoms with Gasteiger partial charge in [-0.15, -0.1) is 0 Å². The molecular weight excluding hydrogens is 232 g/mol. The highest BCUT2D eigenvalue weighted by Crippen LogP contribution is 2.30. The fourth-order valence-electron chi connectivity index (χ4n) is 2.50. The zero-order valence-corrected chi connectivity index (χ0v) is 11.1. The number of carboxylic acids is 1. The van der Waals surface area contributed by atoms with E-state index < -0.39 is 11.5 Å². The van der Waals surface area contributed by atoms with Crippen LogP contribution in [0.25, 0.3) is 0 Å². The predicted octanol–water partition coefficient (Wildman–Crippen LogP) is 1.30. The Kier molecular flexibility index (Phi) is 3.38. The van der Waals surface area contributed by atoms with E-state index in [1.54, 1.807) is 6.92 Å². The number of aromatic nitrogens is 3. The molecule has 0 aliphatic carbocycles. The number of likely N-dealkylation sites (tertiary alicyclic amines) is 1. The normalized spacial score (nSPS) is 24.9. The van der Waals surface area contributed by atoms with E-state index in [0.717, 1.165) is 18.8 Å². The molecule has 6 heteroatoms. The van der Waals surface area contributed by atoms with E-state index in [-0.39, 0.29) is 6.04 Å². The maximum atomic E-state index is 11.4. The third-order valence-electron chi connectivity index (χ3n) is 3.72. The quantitative estimate of drug-likeness (QED) is 0.874. The van der Waals surface area contributed by atoms with E-state index in [9.17, 15) is 9.90 Å². The van der Waals surface area contributed by atoms with E-state index in [1.165, 1.54) is 6.33 Å². The largest absolute Gasteiger partial charge is 0.480 e. The average Bonchev–Trinajstić information content (AvgIpc) is 2.88. The maximum absolute atomic E-state index is 11.4. The minimum absolute atomic E-state index is 0.237.